The molecule has 3 heteroatoms. The molecule has 0 bridgehead atoms. The molecule has 0 radical (unpaired) electrons. The molecule has 14 heavy (non-hydrogen) atoms. The summed E-state index contributed by atoms with van der Waals surface area (Å²) in [5, 5.41) is 0. The van der Waals surface area contributed by atoms with Crippen LogP contribution in [0, 0.1) is 0 Å². The van der Waals surface area contributed by atoms with Gasteiger partial charge in [0.25, 0.3) is 0 Å². The van der Waals surface area contributed by atoms with Gasteiger partial charge in [-0.15, -0.1) is 0 Å². The van der Waals surface area contributed by atoms with E-state index in [-0.39, 0.29) is 0 Å². The van der Waals surface area contributed by atoms with Crippen LogP contribution in [0.25, 0.3) is 11.1 Å². The predicted octanol–water partition coefficient (Wildman–Crippen LogP) is 2.24. The molecule has 0 saturated heterocycles. The fourth-order valence-electron chi connectivity index (χ4n) is 1.46. The first kappa shape index (κ1) is 9.21. The maximum Gasteiger partial charge on any atom is 0.195 e. The lowest BCUT2D eigenvalue weighted by Crippen LogP contribution is -1.94. The van der Waals surface area contributed by atoms with Gasteiger partial charge in [0.05, 0.1) is 0 Å². The van der Waals surface area contributed by atoms with Gasteiger partial charge in [0.2, 0.25) is 0 Å². The molecule has 0 atom stereocenters. The zero-order valence-electron chi connectivity index (χ0n) is 8.29. The van der Waals surface area contributed by atoms with E-state index in [1.165, 1.54) is 0 Å². The Morgan fingerprint density at radius 1 is 1.43 bits per heavy atom. The van der Waals surface area contributed by atoms with Crippen molar-refractivity contribution >= 4 is 11.1 Å². The summed E-state index contributed by atoms with van der Waals surface area (Å²) in [5.74, 6) is 0.816. The molecular weight excluding hydrogens is 176 g/mol. The Labute approximate surface area is 82.9 Å². The quantitative estimate of drug-likeness (QED) is 0.807. The molecule has 0 spiro atoms. The van der Waals surface area contributed by atoms with Crippen molar-refractivity contribution in [1.29, 1.82) is 0 Å². The number of nitrogens with zero attached hydrogens (tertiary/aromatic N) is 1. The zero-order valence-corrected chi connectivity index (χ0v) is 8.29. The third-order valence-electron chi connectivity index (χ3n) is 2.20. The van der Waals surface area contributed by atoms with Crippen LogP contribution in [0.5, 0.6) is 0 Å². The highest BCUT2D eigenvalue weighted by Crippen LogP contribution is 2.17. The van der Waals surface area contributed by atoms with E-state index >= 15 is 0 Å². The average molecular weight is 190 g/mol. The molecule has 74 valence electrons. The Bertz CT molecular complexity index is 434. The molecule has 2 N–H and O–H groups in total. The molecule has 2 aromatic rings. The lowest BCUT2D eigenvalue weighted by molar-refractivity contribution is 0.525. The highest BCUT2D eigenvalue weighted by Gasteiger charge is 2.04. The first-order valence-corrected chi connectivity index (χ1v) is 4.92. The van der Waals surface area contributed by atoms with Crippen molar-refractivity contribution in [2.24, 2.45) is 5.73 Å². The summed E-state index contributed by atoms with van der Waals surface area (Å²) in [6.45, 7) is 2.65. The van der Waals surface area contributed by atoms with Gasteiger partial charge in [0.15, 0.2) is 11.5 Å². The molecule has 1 heterocycles. The van der Waals surface area contributed by atoms with Crippen LogP contribution in [0.15, 0.2) is 22.6 Å². The number of nitrogens with two attached hydrogens (primary N) is 1. The summed E-state index contributed by atoms with van der Waals surface area (Å²) in [6.07, 6.45) is 1.95. The Hall–Kier alpha value is -1.35. The minimum Gasteiger partial charge on any atom is -0.441 e. The van der Waals surface area contributed by atoms with Crippen molar-refractivity contribution in [1.82, 2.24) is 4.98 Å². The molecule has 0 aliphatic rings. The van der Waals surface area contributed by atoms with Gasteiger partial charge in [-0.25, -0.2) is 4.98 Å². The van der Waals surface area contributed by atoms with Crippen molar-refractivity contribution in [3.05, 3.63) is 29.7 Å². The number of hydrogen-bond donors (Lipinski definition) is 1. The van der Waals surface area contributed by atoms with Crippen LogP contribution in [-0.4, -0.2) is 4.98 Å². The fourth-order valence-corrected chi connectivity index (χ4v) is 1.46. The Morgan fingerprint density at radius 3 is 3.00 bits per heavy atom. The van der Waals surface area contributed by atoms with Gasteiger partial charge >= 0.3 is 0 Å². The van der Waals surface area contributed by atoms with Crippen LogP contribution >= 0.6 is 0 Å². The minimum absolute atomic E-state index is 0.541. The molecule has 2 rings (SSSR count). The number of fused-ring (bicyclic) bond motifs is 1. The van der Waals surface area contributed by atoms with E-state index in [4.69, 9.17) is 10.2 Å². The second-order valence-electron chi connectivity index (χ2n) is 3.36. The Morgan fingerprint density at radius 2 is 2.29 bits per heavy atom. The van der Waals surface area contributed by atoms with Crippen LogP contribution in [0.4, 0.5) is 0 Å². The lowest BCUT2D eigenvalue weighted by Gasteiger charge is -1.93. The van der Waals surface area contributed by atoms with Crippen LogP contribution in [0.2, 0.25) is 0 Å². The van der Waals surface area contributed by atoms with E-state index in [1.807, 2.05) is 18.2 Å². The Balaban J connectivity index is 2.43. The van der Waals surface area contributed by atoms with E-state index in [0.717, 1.165) is 35.4 Å². The summed E-state index contributed by atoms with van der Waals surface area (Å²) in [4.78, 5) is 4.37. The number of hydrogen-bond acceptors (Lipinski definition) is 3. The van der Waals surface area contributed by atoms with E-state index in [9.17, 15) is 0 Å². The average Bonchev–Trinajstić information content (AvgIpc) is 2.59. The number of rotatable bonds is 3. The molecule has 0 aliphatic carbocycles. The van der Waals surface area contributed by atoms with E-state index in [1.54, 1.807) is 0 Å². The number of aryl methyl sites for hydroxylation is 1. The number of benzene rings is 1. The summed E-state index contributed by atoms with van der Waals surface area (Å²) in [7, 11) is 0. The first-order chi connectivity index (χ1) is 6.83. The molecule has 3 nitrogen and oxygen atoms in total. The monoisotopic (exact) mass is 190 g/mol. The molecule has 0 fully saturated rings. The van der Waals surface area contributed by atoms with E-state index in [0.29, 0.717) is 6.54 Å². The third-order valence-corrected chi connectivity index (χ3v) is 2.20. The minimum atomic E-state index is 0.541. The lowest BCUT2D eigenvalue weighted by atomic mass is 10.2. The molecule has 0 saturated carbocycles. The van der Waals surface area contributed by atoms with Gasteiger partial charge in [-0.2, -0.15) is 0 Å². The van der Waals surface area contributed by atoms with Gasteiger partial charge in [-0.05, 0) is 24.1 Å². The summed E-state index contributed by atoms with van der Waals surface area (Å²) in [5.41, 5.74) is 8.39. The topological polar surface area (TPSA) is 52.0 Å². The summed E-state index contributed by atoms with van der Waals surface area (Å²) < 4.78 is 5.58. The van der Waals surface area contributed by atoms with Gasteiger partial charge in [0, 0.05) is 13.0 Å². The van der Waals surface area contributed by atoms with Crippen LogP contribution < -0.4 is 5.73 Å². The maximum atomic E-state index is 5.58. The number of oxazole rings is 1. The van der Waals surface area contributed by atoms with Crippen LogP contribution in [-0.2, 0) is 13.0 Å². The van der Waals surface area contributed by atoms with Gasteiger partial charge in [-0.1, -0.05) is 13.0 Å². The van der Waals surface area contributed by atoms with Gasteiger partial charge in [-0.3, -0.25) is 0 Å². The van der Waals surface area contributed by atoms with Crippen molar-refractivity contribution in [2.75, 3.05) is 0 Å². The summed E-state index contributed by atoms with van der Waals surface area (Å²) in [6, 6.07) is 5.91. The van der Waals surface area contributed by atoms with Crippen LogP contribution in [0.1, 0.15) is 24.8 Å². The molecule has 0 amide bonds. The third kappa shape index (κ3) is 1.63. The van der Waals surface area contributed by atoms with Crippen LogP contribution in [0.3, 0.4) is 0 Å². The largest absolute Gasteiger partial charge is 0.441 e. The molecule has 1 aromatic heterocycles. The van der Waals surface area contributed by atoms with Gasteiger partial charge in [0.1, 0.15) is 5.52 Å². The zero-order chi connectivity index (χ0) is 9.97. The second-order valence-corrected chi connectivity index (χ2v) is 3.36. The highest BCUT2D eigenvalue weighted by atomic mass is 16.3. The standard InChI is InChI=1S/C11H14N2O/c1-2-3-11-13-9-5-4-8(7-12)6-10(9)14-11/h4-6H,2-3,7,12H2,1H3. The van der Waals surface area contributed by atoms with Crippen molar-refractivity contribution < 1.29 is 4.42 Å². The smallest absolute Gasteiger partial charge is 0.195 e. The fraction of sp³-hybridized carbons (Fsp3) is 0.364. The SMILES string of the molecule is CCCc1nc2ccc(CN)cc2o1. The first-order valence-electron chi connectivity index (χ1n) is 4.92. The maximum absolute atomic E-state index is 5.58. The molecule has 1 aromatic carbocycles. The second kappa shape index (κ2) is 3.80. The Kier molecular flexibility index (Phi) is 2.50. The van der Waals surface area contributed by atoms with Crippen molar-refractivity contribution in [3.63, 3.8) is 0 Å². The molecule has 0 unspecified atom stereocenters. The molecule has 0 aliphatic heterocycles. The molecular formula is C11H14N2O. The van der Waals surface area contributed by atoms with Gasteiger partial charge < -0.3 is 10.2 Å². The highest BCUT2D eigenvalue weighted by molar-refractivity contribution is 5.73. The van der Waals surface area contributed by atoms with Crippen molar-refractivity contribution in [3.8, 4) is 0 Å². The van der Waals surface area contributed by atoms with E-state index in [2.05, 4.69) is 11.9 Å². The normalized spacial score (nSPS) is 11.0. The predicted molar refractivity (Wildman–Crippen MR) is 55.9 cm³/mol. The summed E-state index contributed by atoms with van der Waals surface area (Å²) >= 11 is 0. The number of aromatic nitrogens is 1. The van der Waals surface area contributed by atoms with Crippen molar-refractivity contribution in [2.45, 2.75) is 26.3 Å². The van der Waals surface area contributed by atoms with E-state index < -0.39 is 0 Å².